The Morgan fingerprint density at radius 3 is 2.90 bits per heavy atom. The fraction of sp³-hybridized carbons (Fsp3) is 0.562. The molecule has 1 amide bonds. The van der Waals surface area contributed by atoms with E-state index in [0.29, 0.717) is 18.7 Å². The molecule has 0 saturated heterocycles. The molecule has 4 heteroatoms. The first-order valence-corrected chi connectivity index (χ1v) is 7.43. The van der Waals surface area contributed by atoms with E-state index in [0.717, 1.165) is 43.4 Å². The Kier molecular flexibility index (Phi) is 3.66. The van der Waals surface area contributed by atoms with E-state index >= 15 is 0 Å². The lowest BCUT2D eigenvalue weighted by Crippen LogP contribution is -2.44. The Hall–Kier alpha value is -1.55. The van der Waals surface area contributed by atoms with Crippen LogP contribution < -0.4 is 10.1 Å². The molecule has 0 unspecified atom stereocenters. The molecule has 2 aliphatic rings. The molecule has 0 atom stereocenters. The smallest absolute Gasteiger partial charge is 0.251 e. The lowest BCUT2D eigenvalue weighted by Gasteiger charge is -2.32. The number of benzene rings is 1. The first-order chi connectivity index (χ1) is 9.66. The third-order valence-corrected chi connectivity index (χ3v) is 4.31. The molecular weight excluding hydrogens is 254 g/mol. The third-order valence-electron chi connectivity index (χ3n) is 4.31. The number of nitrogens with one attached hydrogen (secondary N) is 1. The van der Waals surface area contributed by atoms with Crippen LogP contribution in [-0.2, 0) is 6.42 Å². The predicted octanol–water partition coefficient (Wildman–Crippen LogP) is 2.05. The average molecular weight is 275 g/mol. The second kappa shape index (κ2) is 5.44. The minimum atomic E-state index is -0.715. The van der Waals surface area contributed by atoms with Crippen molar-refractivity contribution in [2.75, 3.05) is 13.2 Å². The van der Waals surface area contributed by atoms with Gasteiger partial charge in [0.15, 0.2) is 0 Å². The molecular formula is C16H21NO3. The number of rotatable bonds is 3. The molecule has 2 N–H and O–H groups in total. The quantitative estimate of drug-likeness (QED) is 0.887. The monoisotopic (exact) mass is 275 g/mol. The summed E-state index contributed by atoms with van der Waals surface area (Å²) < 4.78 is 5.43. The van der Waals surface area contributed by atoms with Crippen molar-refractivity contribution in [2.24, 2.45) is 0 Å². The fourth-order valence-corrected chi connectivity index (χ4v) is 3.06. The highest BCUT2D eigenvalue weighted by Gasteiger charge is 2.29. The number of carbonyl (C=O) groups is 1. The number of hydrogen-bond donors (Lipinski definition) is 2. The Bertz CT molecular complexity index is 506. The Balaban J connectivity index is 1.61. The van der Waals surface area contributed by atoms with Crippen LogP contribution in [0.2, 0.25) is 0 Å². The maximum absolute atomic E-state index is 12.2. The summed E-state index contributed by atoms with van der Waals surface area (Å²) in [6, 6.07) is 5.53. The van der Waals surface area contributed by atoms with Gasteiger partial charge in [-0.1, -0.05) is 19.3 Å². The average Bonchev–Trinajstić information content (AvgIpc) is 2.93. The molecule has 108 valence electrons. The number of aliphatic hydroxyl groups is 1. The van der Waals surface area contributed by atoms with Crippen LogP contribution in [-0.4, -0.2) is 29.8 Å². The summed E-state index contributed by atoms with van der Waals surface area (Å²) >= 11 is 0. The zero-order chi connectivity index (χ0) is 14.0. The summed E-state index contributed by atoms with van der Waals surface area (Å²) in [5.74, 6) is 0.770. The second-order valence-electron chi connectivity index (χ2n) is 5.89. The minimum absolute atomic E-state index is 0.112. The zero-order valence-electron chi connectivity index (χ0n) is 11.7. The van der Waals surface area contributed by atoms with Crippen molar-refractivity contribution in [3.8, 4) is 5.75 Å². The van der Waals surface area contributed by atoms with Crippen LogP contribution in [0.3, 0.4) is 0 Å². The highest BCUT2D eigenvalue weighted by molar-refractivity contribution is 5.94. The molecule has 1 aromatic rings. The van der Waals surface area contributed by atoms with Gasteiger partial charge in [0, 0.05) is 18.5 Å². The topological polar surface area (TPSA) is 58.6 Å². The molecule has 20 heavy (non-hydrogen) atoms. The summed E-state index contributed by atoms with van der Waals surface area (Å²) in [6.45, 7) is 1.04. The van der Waals surface area contributed by atoms with E-state index in [4.69, 9.17) is 4.74 Å². The van der Waals surface area contributed by atoms with Gasteiger partial charge in [-0.3, -0.25) is 4.79 Å². The molecule has 0 radical (unpaired) electrons. The summed E-state index contributed by atoms with van der Waals surface area (Å²) in [5.41, 5.74) is 1.02. The standard InChI is InChI=1S/C16H21NO3/c18-15(17-11-16(19)7-2-1-3-8-16)13-4-5-14-12(10-13)6-9-20-14/h4-5,10,19H,1-3,6-9,11H2,(H,17,18). The molecule has 1 heterocycles. The van der Waals surface area contributed by atoms with Gasteiger partial charge in [0.2, 0.25) is 0 Å². The van der Waals surface area contributed by atoms with Crippen molar-refractivity contribution in [3.05, 3.63) is 29.3 Å². The maximum atomic E-state index is 12.2. The lowest BCUT2D eigenvalue weighted by molar-refractivity contribution is 0.00525. The van der Waals surface area contributed by atoms with E-state index in [-0.39, 0.29) is 5.91 Å². The van der Waals surface area contributed by atoms with Crippen molar-refractivity contribution in [1.29, 1.82) is 0 Å². The number of ether oxygens (including phenoxy) is 1. The van der Waals surface area contributed by atoms with Gasteiger partial charge in [0.25, 0.3) is 5.91 Å². The SMILES string of the molecule is O=C(NCC1(O)CCCCC1)c1ccc2c(c1)CCO2. The molecule has 1 fully saturated rings. The van der Waals surface area contributed by atoms with Gasteiger partial charge in [0.1, 0.15) is 5.75 Å². The van der Waals surface area contributed by atoms with Crippen LogP contribution in [0.25, 0.3) is 0 Å². The van der Waals surface area contributed by atoms with Gasteiger partial charge in [-0.05, 0) is 36.6 Å². The maximum Gasteiger partial charge on any atom is 0.251 e. The fourth-order valence-electron chi connectivity index (χ4n) is 3.06. The largest absolute Gasteiger partial charge is 0.493 e. The Morgan fingerprint density at radius 1 is 1.30 bits per heavy atom. The summed E-state index contributed by atoms with van der Waals surface area (Å²) in [7, 11) is 0. The van der Waals surface area contributed by atoms with Crippen LogP contribution in [0.1, 0.15) is 48.0 Å². The minimum Gasteiger partial charge on any atom is -0.493 e. The van der Waals surface area contributed by atoms with Crippen LogP contribution in [0.15, 0.2) is 18.2 Å². The van der Waals surface area contributed by atoms with Crippen molar-refractivity contribution < 1.29 is 14.6 Å². The zero-order valence-corrected chi connectivity index (χ0v) is 11.7. The molecule has 0 aromatic heterocycles. The predicted molar refractivity (Wildman–Crippen MR) is 76.0 cm³/mol. The number of fused-ring (bicyclic) bond motifs is 1. The van der Waals surface area contributed by atoms with Crippen molar-refractivity contribution in [2.45, 2.75) is 44.1 Å². The number of carbonyl (C=O) groups excluding carboxylic acids is 1. The first kappa shape index (κ1) is 13.4. The van der Waals surface area contributed by atoms with Gasteiger partial charge in [-0.2, -0.15) is 0 Å². The van der Waals surface area contributed by atoms with Crippen LogP contribution in [0.4, 0.5) is 0 Å². The molecule has 1 aliphatic heterocycles. The molecule has 4 nitrogen and oxygen atoms in total. The van der Waals surface area contributed by atoms with Crippen molar-refractivity contribution in [1.82, 2.24) is 5.32 Å². The van der Waals surface area contributed by atoms with E-state index in [1.54, 1.807) is 6.07 Å². The summed E-state index contributed by atoms with van der Waals surface area (Å²) in [4.78, 5) is 12.2. The van der Waals surface area contributed by atoms with Crippen LogP contribution >= 0.6 is 0 Å². The number of amides is 1. The molecule has 3 rings (SSSR count). The Labute approximate surface area is 119 Å². The molecule has 1 aliphatic carbocycles. The second-order valence-corrected chi connectivity index (χ2v) is 5.89. The molecule has 0 spiro atoms. The van der Waals surface area contributed by atoms with Crippen molar-refractivity contribution >= 4 is 5.91 Å². The highest BCUT2D eigenvalue weighted by atomic mass is 16.5. The summed E-state index contributed by atoms with van der Waals surface area (Å²) in [6.07, 6.45) is 5.70. The third kappa shape index (κ3) is 2.80. The van der Waals surface area contributed by atoms with E-state index in [9.17, 15) is 9.90 Å². The van der Waals surface area contributed by atoms with Gasteiger partial charge in [-0.25, -0.2) is 0 Å². The first-order valence-electron chi connectivity index (χ1n) is 7.43. The Morgan fingerprint density at radius 2 is 2.10 bits per heavy atom. The van der Waals surface area contributed by atoms with E-state index < -0.39 is 5.60 Å². The lowest BCUT2D eigenvalue weighted by atomic mass is 9.85. The highest BCUT2D eigenvalue weighted by Crippen LogP contribution is 2.28. The van der Waals surface area contributed by atoms with Crippen molar-refractivity contribution in [3.63, 3.8) is 0 Å². The van der Waals surface area contributed by atoms with Gasteiger partial charge in [0.05, 0.1) is 12.2 Å². The summed E-state index contributed by atoms with van der Waals surface area (Å²) in [5, 5.41) is 13.3. The number of hydrogen-bond acceptors (Lipinski definition) is 3. The normalized spacial score (nSPS) is 20.1. The van der Waals surface area contributed by atoms with Crippen LogP contribution in [0, 0.1) is 0 Å². The van der Waals surface area contributed by atoms with Gasteiger partial charge >= 0.3 is 0 Å². The van der Waals surface area contributed by atoms with Crippen LogP contribution in [0.5, 0.6) is 5.75 Å². The van der Waals surface area contributed by atoms with E-state index in [1.165, 1.54) is 6.42 Å². The molecule has 0 bridgehead atoms. The van der Waals surface area contributed by atoms with E-state index in [2.05, 4.69) is 5.32 Å². The molecule has 1 saturated carbocycles. The molecule has 1 aromatic carbocycles. The van der Waals surface area contributed by atoms with E-state index in [1.807, 2.05) is 12.1 Å². The van der Waals surface area contributed by atoms with Gasteiger partial charge < -0.3 is 15.2 Å². The van der Waals surface area contributed by atoms with Gasteiger partial charge in [-0.15, -0.1) is 0 Å².